The fraction of sp³-hybridized carbons (Fsp3) is 0.294. The Kier molecular flexibility index (Phi) is 5.23. The molecule has 0 amide bonds. The van der Waals surface area contributed by atoms with E-state index in [1.165, 1.54) is 16.7 Å². The van der Waals surface area contributed by atoms with E-state index in [2.05, 4.69) is 37.5 Å². The van der Waals surface area contributed by atoms with Crippen molar-refractivity contribution in [3.05, 3.63) is 63.7 Å². The van der Waals surface area contributed by atoms with E-state index in [4.69, 9.17) is 22.2 Å². The summed E-state index contributed by atoms with van der Waals surface area (Å²) in [6, 6.07) is 12.0. The van der Waals surface area contributed by atoms with Gasteiger partial charge in [-0.25, -0.2) is 0 Å². The minimum Gasteiger partial charge on any atom is -0.496 e. The third kappa shape index (κ3) is 3.76. The molecule has 2 aromatic carbocycles. The summed E-state index contributed by atoms with van der Waals surface area (Å²) in [6.07, 6.45) is 0.778. The number of rotatable bonds is 5. The lowest BCUT2D eigenvalue weighted by Gasteiger charge is -2.20. The highest BCUT2D eigenvalue weighted by atomic mass is 35.5. The largest absolute Gasteiger partial charge is 0.496 e. The third-order valence-corrected chi connectivity index (χ3v) is 3.93. The molecule has 0 aliphatic heterocycles. The highest BCUT2D eigenvalue weighted by Gasteiger charge is 2.17. The Morgan fingerprint density at radius 1 is 1.19 bits per heavy atom. The molecule has 2 aromatic rings. The maximum absolute atomic E-state index is 6.11. The zero-order chi connectivity index (χ0) is 15.4. The van der Waals surface area contributed by atoms with Crippen LogP contribution in [0.3, 0.4) is 0 Å². The van der Waals surface area contributed by atoms with Gasteiger partial charge in [-0.3, -0.25) is 11.3 Å². The van der Waals surface area contributed by atoms with Crippen molar-refractivity contribution in [1.82, 2.24) is 5.43 Å². The molecule has 0 fully saturated rings. The number of benzene rings is 2. The van der Waals surface area contributed by atoms with Crippen LogP contribution in [-0.4, -0.2) is 7.11 Å². The molecule has 4 heteroatoms. The molecule has 3 N–H and O–H groups in total. The molecule has 0 saturated carbocycles. The number of ether oxygens (including phenoxy) is 1. The van der Waals surface area contributed by atoms with Gasteiger partial charge in [-0.05, 0) is 49.6 Å². The van der Waals surface area contributed by atoms with Gasteiger partial charge in [0.25, 0.3) is 0 Å². The average Bonchev–Trinajstić information content (AvgIpc) is 2.48. The summed E-state index contributed by atoms with van der Waals surface area (Å²) in [5.41, 5.74) is 7.60. The smallest absolute Gasteiger partial charge is 0.123 e. The quantitative estimate of drug-likeness (QED) is 0.654. The van der Waals surface area contributed by atoms with Gasteiger partial charge in [0.2, 0.25) is 0 Å². The molecule has 0 bridgehead atoms. The predicted octanol–water partition coefficient (Wildman–Crippen LogP) is 3.71. The van der Waals surface area contributed by atoms with Crippen LogP contribution in [0.4, 0.5) is 0 Å². The van der Waals surface area contributed by atoms with Crippen LogP contribution in [-0.2, 0) is 6.42 Å². The summed E-state index contributed by atoms with van der Waals surface area (Å²) in [6.45, 7) is 4.20. The Balaban J connectivity index is 2.36. The summed E-state index contributed by atoms with van der Waals surface area (Å²) in [7, 11) is 1.65. The number of methoxy groups -OCH3 is 1. The molecule has 1 unspecified atom stereocenters. The second kappa shape index (κ2) is 6.94. The highest BCUT2D eigenvalue weighted by Crippen LogP contribution is 2.30. The number of halogens is 1. The minimum absolute atomic E-state index is 0.0563. The fourth-order valence-corrected chi connectivity index (χ4v) is 2.66. The van der Waals surface area contributed by atoms with Crippen LogP contribution >= 0.6 is 11.6 Å². The number of aryl methyl sites for hydroxylation is 2. The molecular formula is C17H21ClN2O. The first-order chi connectivity index (χ1) is 10.0. The Bertz CT molecular complexity index is 628. The van der Waals surface area contributed by atoms with Crippen LogP contribution in [0.2, 0.25) is 5.02 Å². The van der Waals surface area contributed by atoms with Gasteiger partial charge in [-0.1, -0.05) is 35.4 Å². The van der Waals surface area contributed by atoms with Crippen molar-refractivity contribution in [2.24, 2.45) is 5.84 Å². The molecule has 0 radical (unpaired) electrons. The first-order valence-corrected chi connectivity index (χ1v) is 7.28. The van der Waals surface area contributed by atoms with E-state index in [0.29, 0.717) is 5.02 Å². The van der Waals surface area contributed by atoms with E-state index < -0.39 is 0 Å². The van der Waals surface area contributed by atoms with Gasteiger partial charge in [-0.15, -0.1) is 0 Å². The number of hydrazine groups is 1. The highest BCUT2D eigenvalue weighted by molar-refractivity contribution is 6.30. The van der Waals surface area contributed by atoms with Crippen LogP contribution in [0.25, 0.3) is 0 Å². The molecule has 112 valence electrons. The molecule has 0 heterocycles. The summed E-state index contributed by atoms with van der Waals surface area (Å²) in [5, 5.41) is 0.673. The maximum atomic E-state index is 6.11. The van der Waals surface area contributed by atoms with E-state index in [-0.39, 0.29) is 6.04 Å². The second-order valence-corrected chi connectivity index (χ2v) is 5.68. The topological polar surface area (TPSA) is 47.3 Å². The van der Waals surface area contributed by atoms with E-state index >= 15 is 0 Å². The Morgan fingerprint density at radius 2 is 1.95 bits per heavy atom. The molecule has 0 aliphatic carbocycles. The Hall–Kier alpha value is -1.55. The van der Waals surface area contributed by atoms with E-state index in [9.17, 15) is 0 Å². The lowest BCUT2D eigenvalue weighted by molar-refractivity contribution is 0.399. The van der Waals surface area contributed by atoms with Gasteiger partial charge in [-0.2, -0.15) is 0 Å². The van der Waals surface area contributed by atoms with Crippen molar-refractivity contribution in [3.8, 4) is 5.75 Å². The Morgan fingerprint density at radius 3 is 2.62 bits per heavy atom. The SMILES string of the molecule is COc1ccc(Cl)cc1C(Cc1cc(C)ccc1C)NN. The van der Waals surface area contributed by atoms with Crippen molar-refractivity contribution in [2.75, 3.05) is 7.11 Å². The molecule has 1 atom stereocenters. The third-order valence-electron chi connectivity index (χ3n) is 3.70. The second-order valence-electron chi connectivity index (χ2n) is 5.24. The first kappa shape index (κ1) is 15.8. The molecule has 0 aromatic heterocycles. The zero-order valence-electron chi connectivity index (χ0n) is 12.6. The fourth-order valence-electron chi connectivity index (χ4n) is 2.48. The van der Waals surface area contributed by atoms with Gasteiger partial charge >= 0.3 is 0 Å². The molecule has 0 spiro atoms. The molecule has 0 aliphatic rings. The standard InChI is InChI=1S/C17H21ClN2O/c1-11-4-5-12(2)13(8-11)9-16(20-19)15-10-14(18)6-7-17(15)21-3/h4-8,10,16,20H,9,19H2,1-3H3. The van der Waals surface area contributed by atoms with Gasteiger partial charge in [0.1, 0.15) is 5.75 Å². The summed E-state index contributed by atoms with van der Waals surface area (Å²) in [4.78, 5) is 0. The maximum Gasteiger partial charge on any atom is 0.123 e. The molecular weight excluding hydrogens is 284 g/mol. The first-order valence-electron chi connectivity index (χ1n) is 6.91. The van der Waals surface area contributed by atoms with Crippen LogP contribution in [0.5, 0.6) is 5.75 Å². The van der Waals surface area contributed by atoms with Crippen molar-refractivity contribution in [3.63, 3.8) is 0 Å². The van der Waals surface area contributed by atoms with E-state index in [1.807, 2.05) is 18.2 Å². The minimum atomic E-state index is -0.0563. The number of hydrogen-bond donors (Lipinski definition) is 2. The van der Waals surface area contributed by atoms with Crippen molar-refractivity contribution in [2.45, 2.75) is 26.3 Å². The zero-order valence-corrected chi connectivity index (χ0v) is 13.4. The number of nitrogens with one attached hydrogen (secondary N) is 1. The van der Waals surface area contributed by atoms with Crippen molar-refractivity contribution < 1.29 is 4.74 Å². The molecule has 21 heavy (non-hydrogen) atoms. The summed E-state index contributed by atoms with van der Waals surface area (Å²) in [5.74, 6) is 6.55. The Labute approximate surface area is 131 Å². The summed E-state index contributed by atoms with van der Waals surface area (Å²) >= 11 is 6.11. The lowest BCUT2D eigenvalue weighted by atomic mass is 9.95. The van der Waals surface area contributed by atoms with Gasteiger partial charge < -0.3 is 4.74 Å². The molecule has 0 saturated heterocycles. The normalized spacial score (nSPS) is 12.2. The number of nitrogens with two attached hydrogens (primary N) is 1. The van der Waals surface area contributed by atoms with E-state index in [0.717, 1.165) is 17.7 Å². The van der Waals surface area contributed by atoms with Crippen molar-refractivity contribution in [1.29, 1.82) is 0 Å². The molecule has 3 nitrogen and oxygen atoms in total. The van der Waals surface area contributed by atoms with Gasteiger partial charge in [0, 0.05) is 10.6 Å². The van der Waals surface area contributed by atoms with Gasteiger partial charge in [0.15, 0.2) is 0 Å². The average molecular weight is 305 g/mol. The summed E-state index contributed by atoms with van der Waals surface area (Å²) < 4.78 is 5.42. The van der Waals surface area contributed by atoms with Crippen LogP contribution in [0.1, 0.15) is 28.3 Å². The molecule has 2 rings (SSSR count). The van der Waals surface area contributed by atoms with E-state index in [1.54, 1.807) is 7.11 Å². The predicted molar refractivity (Wildman–Crippen MR) is 87.7 cm³/mol. The van der Waals surface area contributed by atoms with Crippen LogP contribution in [0.15, 0.2) is 36.4 Å². The lowest BCUT2D eigenvalue weighted by Crippen LogP contribution is -2.30. The van der Waals surface area contributed by atoms with Gasteiger partial charge in [0.05, 0.1) is 13.2 Å². The van der Waals surface area contributed by atoms with Crippen LogP contribution in [0, 0.1) is 13.8 Å². The van der Waals surface area contributed by atoms with Crippen LogP contribution < -0.4 is 16.0 Å². The van der Waals surface area contributed by atoms with Crippen molar-refractivity contribution >= 4 is 11.6 Å². The monoisotopic (exact) mass is 304 g/mol. The number of hydrogen-bond acceptors (Lipinski definition) is 3.